The van der Waals surface area contributed by atoms with Crippen molar-refractivity contribution in [3.8, 4) is 16.8 Å². The van der Waals surface area contributed by atoms with Gasteiger partial charge in [0.05, 0.1) is 29.2 Å². The number of carbonyl (C=O) groups is 3. The molecule has 4 amide bonds. The summed E-state index contributed by atoms with van der Waals surface area (Å²) in [6.45, 7) is 0. The van der Waals surface area contributed by atoms with Crippen LogP contribution in [0.1, 0.15) is 50.9 Å². The number of amides is 4. The van der Waals surface area contributed by atoms with Gasteiger partial charge in [0.2, 0.25) is 0 Å². The molecule has 10 heteroatoms. The lowest BCUT2D eigenvalue weighted by atomic mass is 9.87. The Kier molecular flexibility index (Phi) is 6.61. The predicted molar refractivity (Wildman–Crippen MR) is 140 cm³/mol. The van der Waals surface area contributed by atoms with E-state index in [2.05, 4.69) is 21.8 Å². The summed E-state index contributed by atoms with van der Waals surface area (Å²) in [6.07, 6.45) is 4.16. The second-order valence-corrected chi connectivity index (χ2v) is 9.05. The number of urea groups is 1. The molecule has 1 aliphatic rings. The van der Waals surface area contributed by atoms with E-state index in [1.54, 1.807) is 30.3 Å². The van der Waals surface area contributed by atoms with Gasteiger partial charge in [-0.3, -0.25) is 9.59 Å². The van der Waals surface area contributed by atoms with E-state index in [1.165, 1.54) is 28.6 Å². The van der Waals surface area contributed by atoms with E-state index >= 15 is 4.39 Å². The highest BCUT2D eigenvalue weighted by Gasteiger charge is 2.23. The maximum absolute atomic E-state index is 15.0. The average Bonchev–Trinajstić information content (AvgIpc) is 3.32. The Morgan fingerprint density at radius 1 is 0.974 bits per heavy atom. The van der Waals surface area contributed by atoms with Crippen LogP contribution < -0.4 is 22.1 Å². The molecule has 0 saturated carbocycles. The number of nitrogens with zero attached hydrogens (tertiary/aromatic N) is 2. The summed E-state index contributed by atoms with van der Waals surface area (Å²) in [6, 6.07) is 18.4. The van der Waals surface area contributed by atoms with Crippen molar-refractivity contribution in [3.05, 3.63) is 101 Å². The molecule has 1 unspecified atom stereocenters. The third kappa shape index (κ3) is 4.96. The SMILES string of the molecule is NC(=O)Nc1cn(-c2ccc(-c3ccc(C(=O)NC4CCCc5ccccc54)c(F)c3)cc2)nc1C(N)=O. The summed E-state index contributed by atoms with van der Waals surface area (Å²) in [4.78, 5) is 35.8. The fraction of sp³-hybridized carbons (Fsp3) is 0.143. The van der Waals surface area contributed by atoms with E-state index < -0.39 is 23.7 Å². The number of primary amides is 2. The van der Waals surface area contributed by atoms with E-state index in [9.17, 15) is 14.4 Å². The minimum absolute atomic E-state index is 0.0153. The highest BCUT2D eigenvalue weighted by molar-refractivity contribution is 6.00. The predicted octanol–water partition coefficient (Wildman–Crippen LogP) is 4.08. The molecule has 9 nitrogen and oxygen atoms in total. The second-order valence-electron chi connectivity index (χ2n) is 9.05. The normalized spacial score (nSPS) is 14.4. The molecule has 0 spiro atoms. The van der Waals surface area contributed by atoms with Crippen LogP contribution in [-0.2, 0) is 6.42 Å². The number of carbonyl (C=O) groups excluding carboxylic acids is 3. The average molecular weight is 513 g/mol. The van der Waals surface area contributed by atoms with Gasteiger partial charge >= 0.3 is 6.03 Å². The van der Waals surface area contributed by atoms with E-state index in [4.69, 9.17) is 11.5 Å². The van der Waals surface area contributed by atoms with Gasteiger partial charge in [-0.15, -0.1) is 0 Å². The molecular formula is C28H25FN6O3. The molecule has 1 aliphatic carbocycles. The van der Waals surface area contributed by atoms with Crippen LogP contribution >= 0.6 is 0 Å². The Balaban J connectivity index is 1.33. The molecule has 192 valence electrons. The van der Waals surface area contributed by atoms with Crippen LogP contribution in [0.2, 0.25) is 0 Å². The van der Waals surface area contributed by atoms with Crippen LogP contribution in [-0.4, -0.2) is 27.6 Å². The summed E-state index contributed by atoms with van der Waals surface area (Å²) >= 11 is 0. The van der Waals surface area contributed by atoms with Crippen LogP contribution in [0.15, 0.2) is 72.9 Å². The number of nitrogens with one attached hydrogen (secondary N) is 2. The Hall–Kier alpha value is -4.99. The maximum Gasteiger partial charge on any atom is 0.316 e. The van der Waals surface area contributed by atoms with Gasteiger partial charge in [-0.25, -0.2) is 13.9 Å². The Labute approximate surface area is 217 Å². The number of nitrogens with two attached hydrogens (primary N) is 2. The standard InChI is InChI=1S/C28H25FN6O3/c29-22-14-18(10-13-21(22)27(37)32-23-7-3-5-17-4-1-2-6-20(17)23)16-8-11-19(12-9-16)35-15-24(33-28(31)38)25(34-35)26(30)36/h1-2,4,6,8-15,23H,3,5,7H2,(H2,30,36)(H,32,37)(H3,31,33,38). The lowest BCUT2D eigenvalue weighted by Crippen LogP contribution is -2.31. The van der Waals surface area contributed by atoms with Crippen molar-refractivity contribution < 1.29 is 18.8 Å². The first-order valence-electron chi connectivity index (χ1n) is 12.0. The number of hydrogen-bond acceptors (Lipinski definition) is 4. The smallest absolute Gasteiger partial charge is 0.316 e. The molecule has 0 radical (unpaired) electrons. The summed E-state index contributed by atoms with van der Waals surface area (Å²) in [7, 11) is 0. The molecule has 6 N–H and O–H groups in total. The summed E-state index contributed by atoms with van der Waals surface area (Å²) in [5.41, 5.74) is 14.6. The first kappa shape index (κ1) is 24.7. The molecule has 0 saturated heterocycles. The molecular weight excluding hydrogens is 487 g/mol. The van der Waals surface area contributed by atoms with Crippen LogP contribution in [0.4, 0.5) is 14.9 Å². The molecule has 1 heterocycles. The minimum atomic E-state index is -0.856. The van der Waals surface area contributed by atoms with Gasteiger partial charge in [0.1, 0.15) is 5.82 Å². The number of aromatic nitrogens is 2. The molecule has 1 atom stereocenters. The van der Waals surface area contributed by atoms with Crippen LogP contribution in [0.5, 0.6) is 0 Å². The van der Waals surface area contributed by atoms with Crippen LogP contribution in [0.3, 0.4) is 0 Å². The van der Waals surface area contributed by atoms with Crippen LogP contribution in [0.25, 0.3) is 16.8 Å². The summed E-state index contributed by atoms with van der Waals surface area (Å²) in [5.74, 6) is -1.89. The summed E-state index contributed by atoms with van der Waals surface area (Å²) < 4.78 is 16.4. The summed E-state index contributed by atoms with van der Waals surface area (Å²) in [5, 5.41) is 9.41. The third-order valence-corrected chi connectivity index (χ3v) is 6.56. The van der Waals surface area contributed by atoms with Crippen molar-refractivity contribution in [1.82, 2.24) is 15.1 Å². The van der Waals surface area contributed by atoms with Crippen molar-refractivity contribution in [2.75, 3.05) is 5.32 Å². The van der Waals surface area contributed by atoms with Gasteiger partial charge in [0, 0.05) is 0 Å². The van der Waals surface area contributed by atoms with E-state index in [1.807, 2.05) is 18.2 Å². The molecule has 0 aliphatic heterocycles. The largest absolute Gasteiger partial charge is 0.364 e. The van der Waals surface area contributed by atoms with Crippen molar-refractivity contribution >= 4 is 23.5 Å². The number of aryl methyl sites for hydroxylation is 1. The zero-order valence-corrected chi connectivity index (χ0v) is 20.3. The van der Waals surface area contributed by atoms with Gasteiger partial charge in [-0.1, -0.05) is 42.5 Å². The number of rotatable bonds is 6. The number of anilines is 1. The van der Waals surface area contributed by atoms with Crippen molar-refractivity contribution in [2.45, 2.75) is 25.3 Å². The quantitative estimate of drug-likeness (QED) is 0.308. The Morgan fingerprint density at radius 3 is 2.42 bits per heavy atom. The maximum atomic E-state index is 15.0. The molecule has 0 fully saturated rings. The lowest BCUT2D eigenvalue weighted by Gasteiger charge is -2.26. The highest BCUT2D eigenvalue weighted by Crippen LogP contribution is 2.30. The molecule has 4 aromatic rings. The molecule has 38 heavy (non-hydrogen) atoms. The van der Waals surface area contributed by atoms with Gasteiger partial charge in [-0.2, -0.15) is 5.10 Å². The molecule has 5 rings (SSSR count). The van der Waals surface area contributed by atoms with Gasteiger partial charge in [0.25, 0.3) is 11.8 Å². The molecule has 3 aromatic carbocycles. The molecule has 0 bridgehead atoms. The number of benzene rings is 3. The van der Waals surface area contributed by atoms with E-state index in [-0.39, 0.29) is 23.0 Å². The topological polar surface area (TPSA) is 145 Å². The third-order valence-electron chi connectivity index (χ3n) is 6.56. The van der Waals surface area contributed by atoms with Gasteiger partial charge in [-0.05, 0) is 65.8 Å². The van der Waals surface area contributed by atoms with Crippen molar-refractivity contribution in [1.29, 1.82) is 0 Å². The molecule has 1 aromatic heterocycles. The van der Waals surface area contributed by atoms with Crippen LogP contribution in [0, 0.1) is 5.82 Å². The van der Waals surface area contributed by atoms with E-state index in [0.717, 1.165) is 24.8 Å². The van der Waals surface area contributed by atoms with E-state index in [0.29, 0.717) is 16.8 Å². The van der Waals surface area contributed by atoms with Gasteiger partial charge in [0.15, 0.2) is 5.69 Å². The zero-order valence-electron chi connectivity index (χ0n) is 20.3. The fourth-order valence-corrected chi connectivity index (χ4v) is 4.74. The van der Waals surface area contributed by atoms with Crippen molar-refractivity contribution in [3.63, 3.8) is 0 Å². The highest BCUT2D eigenvalue weighted by atomic mass is 19.1. The Morgan fingerprint density at radius 2 is 1.71 bits per heavy atom. The lowest BCUT2D eigenvalue weighted by molar-refractivity contribution is 0.0927. The fourth-order valence-electron chi connectivity index (χ4n) is 4.74. The number of hydrogen-bond donors (Lipinski definition) is 4. The monoisotopic (exact) mass is 512 g/mol. The van der Waals surface area contributed by atoms with Gasteiger partial charge < -0.3 is 22.1 Å². The number of halogens is 1. The minimum Gasteiger partial charge on any atom is -0.364 e. The first-order valence-corrected chi connectivity index (χ1v) is 12.0. The number of fused-ring (bicyclic) bond motifs is 1. The Bertz CT molecular complexity index is 1550. The van der Waals surface area contributed by atoms with Crippen molar-refractivity contribution in [2.24, 2.45) is 11.5 Å². The first-order chi connectivity index (χ1) is 18.3. The second kappa shape index (κ2) is 10.2. The zero-order chi connectivity index (χ0) is 26.8.